The van der Waals surface area contributed by atoms with Crippen LogP contribution in [0, 0.1) is 11.6 Å². The van der Waals surface area contributed by atoms with E-state index in [9.17, 15) is 13.9 Å². The third-order valence-electron chi connectivity index (χ3n) is 3.08. The lowest BCUT2D eigenvalue weighted by Gasteiger charge is -2.27. The normalized spacial score (nSPS) is 22.8. The molecule has 6 heteroatoms. The molecule has 1 aromatic carbocycles. The van der Waals surface area contributed by atoms with Crippen molar-refractivity contribution in [2.75, 3.05) is 0 Å². The smallest absolute Gasteiger partial charge is 0.230 e. The van der Waals surface area contributed by atoms with Crippen LogP contribution in [0.2, 0.25) is 0 Å². The molecule has 1 N–H and O–H groups in total. The Morgan fingerprint density at radius 2 is 2.00 bits per heavy atom. The molecule has 1 fully saturated rings. The summed E-state index contributed by atoms with van der Waals surface area (Å²) in [7, 11) is 0. The van der Waals surface area contributed by atoms with Crippen molar-refractivity contribution < 1.29 is 18.4 Å². The first-order valence-corrected chi connectivity index (χ1v) is 5.60. The lowest BCUT2D eigenvalue weighted by Crippen LogP contribution is -2.26. The number of aliphatic hydroxyl groups excluding tert-OH is 1. The van der Waals surface area contributed by atoms with Gasteiger partial charge in [-0.1, -0.05) is 5.16 Å². The first-order chi connectivity index (χ1) is 8.63. The Kier molecular flexibility index (Phi) is 2.59. The lowest BCUT2D eigenvalue weighted by atomic mass is 9.82. The Bertz CT molecular complexity index is 579. The summed E-state index contributed by atoms with van der Waals surface area (Å²) in [5.74, 6) is -1.14. The highest BCUT2D eigenvalue weighted by atomic mass is 19.2. The van der Waals surface area contributed by atoms with Crippen molar-refractivity contribution in [2.24, 2.45) is 0 Å². The van der Waals surface area contributed by atoms with Crippen LogP contribution in [0.15, 0.2) is 22.7 Å². The Hall–Kier alpha value is -1.82. The van der Waals surface area contributed by atoms with E-state index in [2.05, 4.69) is 10.1 Å². The van der Waals surface area contributed by atoms with Gasteiger partial charge in [0, 0.05) is 11.5 Å². The van der Waals surface area contributed by atoms with Crippen molar-refractivity contribution in [2.45, 2.75) is 24.9 Å². The molecule has 0 spiro atoms. The Morgan fingerprint density at radius 3 is 2.67 bits per heavy atom. The highest BCUT2D eigenvalue weighted by Gasteiger charge is 2.33. The van der Waals surface area contributed by atoms with Crippen LogP contribution in [0.1, 0.15) is 24.7 Å². The summed E-state index contributed by atoms with van der Waals surface area (Å²) >= 11 is 0. The van der Waals surface area contributed by atoms with Gasteiger partial charge in [-0.05, 0) is 31.0 Å². The summed E-state index contributed by atoms with van der Waals surface area (Å²) < 4.78 is 30.9. The number of hydrogen-bond acceptors (Lipinski definition) is 4. The maximum Gasteiger partial charge on any atom is 0.230 e. The summed E-state index contributed by atoms with van der Waals surface area (Å²) in [4.78, 5) is 4.13. The zero-order chi connectivity index (χ0) is 12.7. The third-order valence-corrected chi connectivity index (χ3v) is 3.08. The summed E-state index contributed by atoms with van der Waals surface area (Å²) in [6, 6.07) is 3.44. The molecule has 94 valence electrons. The second-order valence-corrected chi connectivity index (χ2v) is 4.41. The molecule has 3 rings (SSSR count). The van der Waals surface area contributed by atoms with Crippen LogP contribution in [-0.2, 0) is 0 Å². The Labute approximate surface area is 101 Å². The van der Waals surface area contributed by atoms with E-state index in [1.165, 1.54) is 6.07 Å². The van der Waals surface area contributed by atoms with Crippen molar-refractivity contribution >= 4 is 0 Å². The molecule has 0 atom stereocenters. The monoisotopic (exact) mass is 252 g/mol. The SMILES string of the molecule is OC1CC(c2nc(-c3ccc(F)c(F)c3)no2)C1. The fourth-order valence-corrected chi connectivity index (χ4v) is 1.94. The number of nitrogens with zero attached hydrogens (tertiary/aromatic N) is 2. The number of hydrogen-bond donors (Lipinski definition) is 1. The summed E-state index contributed by atoms with van der Waals surface area (Å²) in [6.45, 7) is 0. The summed E-state index contributed by atoms with van der Waals surface area (Å²) in [5, 5.41) is 12.9. The highest BCUT2D eigenvalue weighted by molar-refractivity contribution is 5.54. The molecule has 0 unspecified atom stereocenters. The molecule has 1 saturated carbocycles. The number of rotatable bonds is 2. The van der Waals surface area contributed by atoms with Crippen LogP contribution >= 0.6 is 0 Å². The molecule has 0 saturated heterocycles. The van der Waals surface area contributed by atoms with Crippen LogP contribution in [0.5, 0.6) is 0 Å². The maximum atomic E-state index is 13.1. The van der Waals surface area contributed by atoms with Gasteiger partial charge in [0.2, 0.25) is 11.7 Å². The van der Waals surface area contributed by atoms with E-state index < -0.39 is 11.6 Å². The molecule has 0 aliphatic heterocycles. The lowest BCUT2D eigenvalue weighted by molar-refractivity contribution is 0.0625. The van der Waals surface area contributed by atoms with E-state index in [1.807, 2.05) is 0 Å². The molecule has 18 heavy (non-hydrogen) atoms. The van der Waals surface area contributed by atoms with Gasteiger partial charge in [0.1, 0.15) is 0 Å². The van der Waals surface area contributed by atoms with Gasteiger partial charge in [0.15, 0.2) is 11.6 Å². The molecule has 1 heterocycles. The Balaban J connectivity index is 1.86. The van der Waals surface area contributed by atoms with E-state index in [0.717, 1.165) is 12.1 Å². The molecule has 2 aromatic rings. The van der Waals surface area contributed by atoms with Crippen LogP contribution in [0.25, 0.3) is 11.4 Å². The summed E-state index contributed by atoms with van der Waals surface area (Å²) in [6.07, 6.45) is 0.882. The largest absolute Gasteiger partial charge is 0.393 e. The van der Waals surface area contributed by atoms with E-state index in [4.69, 9.17) is 4.52 Å². The predicted octanol–water partition coefficient (Wildman–Crippen LogP) is 2.25. The van der Waals surface area contributed by atoms with Gasteiger partial charge in [0.05, 0.1) is 6.10 Å². The zero-order valence-corrected chi connectivity index (χ0v) is 9.31. The molecule has 4 nitrogen and oxygen atoms in total. The van der Waals surface area contributed by atoms with Gasteiger partial charge >= 0.3 is 0 Å². The van der Waals surface area contributed by atoms with E-state index in [0.29, 0.717) is 24.3 Å². The van der Waals surface area contributed by atoms with Crippen molar-refractivity contribution in [3.8, 4) is 11.4 Å². The molecule has 1 aliphatic carbocycles. The minimum Gasteiger partial charge on any atom is -0.393 e. The molecule has 1 aromatic heterocycles. The van der Waals surface area contributed by atoms with Gasteiger partial charge in [-0.3, -0.25) is 0 Å². The molecule has 1 aliphatic rings. The van der Waals surface area contributed by atoms with Gasteiger partial charge in [-0.25, -0.2) is 8.78 Å². The first kappa shape index (κ1) is 11.3. The van der Waals surface area contributed by atoms with Crippen molar-refractivity contribution in [1.29, 1.82) is 0 Å². The quantitative estimate of drug-likeness (QED) is 0.890. The molecule has 0 radical (unpaired) electrons. The van der Waals surface area contributed by atoms with Gasteiger partial charge < -0.3 is 9.63 Å². The molecular weight excluding hydrogens is 242 g/mol. The topological polar surface area (TPSA) is 59.2 Å². The van der Waals surface area contributed by atoms with Gasteiger partial charge in [-0.2, -0.15) is 4.98 Å². The minimum absolute atomic E-state index is 0.0616. The van der Waals surface area contributed by atoms with Crippen LogP contribution in [0.4, 0.5) is 8.78 Å². The van der Waals surface area contributed by atoms with E-state index >= 15 is 0 Å². The second-order valence-electron chi connectivity index (χ2n) is 4.41. The van der Waals surface area contributed by atoms with Gasteiger partial charge in [0.25, 0.3) is 0 Å². The fourth-order valence-electron chi connectivity index (χ4n) is 1.94. The number of halogens is 2. The fraction of sp³-hybridized carbons (Fsp3) is 0.333. The first-order valence-electron chi connectivity index (χ1n) is 5.60. The molecule has 0 amide bonds. The summed E-state index contributed by atoms with van der Waals surface area (Å²) in [5.41, 5.74) is 0.365. The van der Waals surface area contributed by atoms with E-state index in [1.54, 1.807) is 0 Å². The van der Waals surface area contributed by atoms with Crippen LogP contribution in [-0.4, -0.2) is 21.4 Å². The zero-order valence-electron chi connectivity index (χ0n) is 9.31. The predicted molar refractivity (Wildman–Crippen MR) is 57.6 cm³/mol. The highest BCUT2D eigenvalue weighted by Crippen LogP contribution is 2.36. The maximum absolute atomic E-state index is 13.1. The minimum atomic E-state index is -0.946. The number of aliphatic hydroxyl groups is 1. The Morgan fingerprint density at radius 1 is 1.22 bits per heavy atom. The third kappa shape index (κ3) is 1.88. The van der Waals surface area contributed by atoms with Crippen LogP contribution < -0.4 is 0 Å². The average molecular weight is 252 g/mol. The van der Waals surface area contributed by atoms with Crippen LogP contribution in [0.3, 0.4) is 0 Å². The second kappa shape index (κ2) is 4.13. The van der Waals surface area contributed by atoms with Crippen molar-refractivity contribution in [1.82, 2.24) is 10.1 Å². The molecule has 0 bridgehead atoms. The molecular formula is C12H10F2N2O2. The standard InChI is InChI=1S/C12H10F2N2O2/c13-9-2-1-6(5-10(9)14)11-15-12(18-16-11)7-3-8(17)4-7/h1-2,5,7-8,17H,3-4H2. The number of benzene rings is 1. The number of aromatic nitrogens is 2. The van der Waals surface area contributed by atoms with E-state index in [-0.39, 0.29) is 17.8 Å². The van der Waals surface area contributed by atoms with Crippen molar-refractivity contribution in [3.05, 3.63) is 35.7 Å². The van der Waals surface area contributed by atoms with Gasteiger partial charge in [-0.15, -0.1) is 0 Å². The van der Waals surface area contributed by atoms with Crippen molar-refractivity contribution in [3.63, 3.8) is 0 Å². The average Bonchev–Trinajstić information content (AvgIpc) is 2.78.